The first-order valence-corrected chi connectivity index (χ1v) is 9.57. The third-order valence-corrected chi connectivity index (χ3v) is 5.38. The molecule has 0 saturated carbocycles. The van der Waals surface area contributed by atoms with Gasteiger partial charge in [0.25, 0.3) is 5.91 Å². The molecular formula is C21H18F4N4OS. The molecule has 1 heterocycles. The molecule has 2 aromatic rings. The summed E-state index contributed by atoms with van der Waals surface area (Å²) in [5.41, 5.74) is -2.41. The van der Waals surface area contributed by atoms with Gasteiger partial charge in [-0.3, -0.25) is 9.69 Å². The molecule has 0 spiro atoms. The SMILES string of the molecule is CNCc1ccc(N2C(=S)N(c3ccc(C#N)c(C(F)(F)F)c3)C(=O)C2(C)C)cc1F. The molecule has 0 atom stereocenters. The minimum atomic E-state index is -4.78. The topological polar surface area (TPSA) is 59.4 Å². The summed E-state index contributed by atoms with van der Waals surface area (Å²) in [5.74, 6) is -1.08. The average molecular weight is 450 g/mol. The Morgan fingerprint density at radius 2 is 1.81 bits per heavy atom. The van der Waals surface area contributed by atoms with Crippen molar-refractivity contribution in [1.82, 2.24) is 5.32 Å². The Balaban J connectivity index is 2.08. The van der Waals surface area contributed by atoms with Gasteiger partial charge in [-0.2, -0.15) is 18.4 Å². The maximum Gasteiger partial charge on any atom is 0.417 e. The molecule has 0 radical (unpaired) electrons. The number of nitrogens with zero attached hydrogens (tertiary/aromatic N) is 3. The summed E-state index contributed by atoms with van der Waals surface area (Å²) in [5, 5.41) is 11.8. The van der Waals surface area contributed by atoms with Crippen molar-refractivity contribution in [1.29, 1.82) is 5.26 Å². The van der Waals surface area contributed by atoms with E-state index in [4.69, 9.17) is 17.5 Å². The second-order valence-corrected chi connectivity index (χ2v) is 7.83. The van der Waals surface area contributed by atoms with Crippen molar-refractivity contribution in [2.45, 2.75) is 32.1 Å². The number of halogens is 4. The Bertz CT molecular complexity index is 1110. The quantitative estimate of drug-likeness (QED) is 0.554. The number of nitriles is 1. The van der Waals surface area contributed by atoms with E-state index < -0.39 is 34.6 Å². The largest absolute Gasteiger partial charge is 0.417 e. The van der Waals surface area contributed by atoms with Crippen LogP contribution in [0.2, 0.25) is 0 Å². The average Bonchev–Trinajstić information content (AvgIpc) is 2.87. The van der Waals surface area contributed by atoms with Gasteiger partial charge in [-0.1, -0.05) is 6.07 Å². The Morgan fingerprint density at radius 3 is 2.35 bits per heavy atom. The highest BCUT2D eigenvalue weighted by molar-refractivity contribution is 7.81. The monoisotopic (exact) mass is 450 g/mol. The van der Waals surface area contributed by atoms with Gasteiger partial charge in [0.1, 0.15) is 11.4 Å². The highest BCUT2D eigenvalue weighted by Crippen LogP contribution is 2.39. The van der Waals surface area contributed by atoms with Gasteiger partial charge in [0.15, 0.2) is 5.11 Å². The third-order valence-electron chi connectivity index (χ3n) is 5.02. The summed E-state index contributed by atoms with van der Waals surface area (Å²) in [7, 11) is 1.68. The molecule has 5 nitrogen and oxygen atoms in total. The van der Waals surface area contributed by atoms with Crippen molar-refractivity contribution in [2.75, 3.05) is 16.8 Å². The smallest absolute Gasteiger partial charge is 0.316 e. The van der Waals surface area contributed by atoms with Crippen molar-refractivity contribution in [3.63, 3.8) is 0 Å². The number of rotatable bonds is 4. The van der Waals surface area contributed by atoms with Gasteiger partial charge >= 0.3 is 6.18 Å². The van der Waals surface area contributed by atoms with Crippen molar-refractivity contribution < 1.29 is 22.4 Å². The van der Waals surface area contributed by atoms with Crippen molar-refractivity contribution in [3.05, 3.63) is 58.9 Å². The second-order valence-electron chi connectivity index (χ2n) is 7.46. The summed E-state index contributed by atoms with van der Waals surface area (Å²) in [6.45, 7) is 3.40. The Labute approximate surface area is 181 Å². The lowest BCUT2D eigenvalue weighted by molar-refractivity contribution is -0.137. The molecule has 0 aliphatic carbocycles. The van der Waals surface area contributed by atoms with Crippen molar-refractivity contribution in [3.8, 4) is 6.07 Å². The van der Waals surface area contributed by atoms with Crippen molar-refractivity contribution >= 4 is 34.6 Å². The van der Waals surface area contributed by atoms with E-state index in [1.54, 1.807) is 33.0 Å². The fraction of sp³-hybridized carbons (Fsp3) is 0.286. The molecule has 3 rings (SSSR count). The first kappa shape index (κ1) is 22.7. The molecule has 1 aliphatic rings. The van der Waals surface area contributed by atoms with E-state index in [1.165, 1.54) is 23.1 Å². The molecule has 10 heteroatoms. The first-order chi connectivity index (χ1) is 14.4. The Morgan fingerprint density at radius 1 is 1.16 bits per heavy atom. The number of carbonyl (C=O) groups is 1. The fourth-order valence-corrected chi connectivity index (χ4v) is 3.99. The minimum Gasteiger partial charge on any atom is -0.316 e. The van der Waals surface area contributed by atoms with Crippen LogP contribution in [0.3, 0.4) is 0 Å². The zero-order chi connectivity index (χ0) is 23.1. The van der Waals surface area contributed by atoms with Crippen LogP contribution in [0.15, 0.2) is 36.4 Å². The molecule has 31 heavy (non-hydrogen) atoms. The molecule has 1 aliphatic heterocycles. The van der Waals surface area contributed by atoms with Crippen LogP contribution in [0, 0.1) is 17.1 Å². The van der Waals surface area contributed by atoms with Gasteiger partial charge in [0, 0.05) is 17.8 Å². The molecule has 162 valence electrons. The molecule has 1 fully saturated rings. The van der Waals surface area contributed by atoms with E-state index in [-0.39, 0.29) is 10.8 Å². The normalized spacial score (nSPS) is 16.1. The van der Waals surface area contributed by atoms with E-state index in [2.05, 4.69) is 5.32 Å². The van der Waals surface area contributed by atoms with E-state index in [1.807, 2.05) is 0 Å². The summed E-state index contributed by atoms with van der Waals surface area (Å²) < 4.78 is 54.7. The maximum atomic E-state index is 14.5. The summed E-state index contributed by atoms with van der Waals surface area (Å²) in [6, 6.07) is 8.83. The predicted molar refractivity (Wildman–Crippen MR) is 112 cm³/mol. The van der Waals surface area contributed by atoms with E-state index in [0.29, 0.717) is 17.8 Å². The lowest BCUT2D eigenvalue weighted by atomic mass is 10.0. The lowest BCUT2D eigenvalue weighted by Gasteiger charge is -2.29. The zero-order valence-corrected chi connectivity index (χ0v) is 17.7. The maximum absolute atomic E-state index is 14.5. The molecule has 2 aromatic carbocycles. The number of benzene rings is 2. The number of nitrogens with one attached hydrogen (secondary N) is 1. The molecule has 1 saturated heterocycles. The predicted octanol–water partition coefficient (Wildman–Crippen LogP) is 4.35. The fourth-order valence-electron chi connectivity index (χ4n) is 3.47. The standard InChI is InChI=1S/C21H18F4N4OS/c1-20(2)18(30)28(14-6-4-12(10-26)16(8-14)21(23,24)25)19(31)29(20)15-7-5-13(11-27-3)17(22)9-15/h4-9,27H,11H2,1-3H3. The van der Waals surface area contributed by atoms with Gasteiger partial charge < -0.3 is 10.2 Å². The van der Waals surface area contributed by atoms with E-state index in [0.717, 1.165) is 17.0 Å². The zero-order valence-electron chi connectivity index (χ0n) is 16.8. The highest BCUT2D eigenvalue weighted by atomic mass is 32.1. The van der Waals surface area contributed by atoms with Gasteiger partial charge in [0.05, 0.1) is 22.9 Å². The molecular weight excluding hydrogens is 432 g/mol. The van der Waals surface area contributed by atoms with Crippen LogP contribution in [-0.4, -0.2) is 23.6 Å². The number of anilines is 2. The first-order valence-electron chi connectivity index (χ1n) is 9.16. The molecule has 1 amide bonds. The van der Waals surface area contributed by atoms with E-state index >= 15 is 0 Å². The minimum absolute atomic E-state index is 0.0893. The number of thiocarbonyl (C=S) groups is 1. The van der Waals surface area contributed by atoms with Crippen LogP contribution < -0.4 is 15.1 Å². The van der Waals surface area contributed by atoms with Crippen LogP contribution in [0.1, 0.15) is 30.5 Å². The van der Waals surface area contributed by atoms with Crippen LogP contribution in [0.4, 0.5) is 28.9 Å². The molecule has 1 N–H and O–H groups in total. The summed E-state index contributed by atoms with van der Waals surface area (Å²) in [6.07, 6.45) is -4.78. The Hall–Kier alpha value is -3.03. The number of hydrogen-bond donors (Lipinski definition) is 1. The highest BCUT2D eigenvalue weighted by Gasteiger charge is 2.50. The number of amides is 1. The van der Waals surface area contributed by atoms with Gasteiger partial charge in [-0.05, 0) is 63.4 Å². The summed E-state index contributed by atoms with van der Waals surface area (Å²) >= 11 is 5.43. The molecule has 0 aromatic heterocycles. The van der Waals surface area contributed by atoms with Crippen LogP contribution in [-0.2, 0) is 17.5 Å². The van der Waals surface area contributed by atoms with E-state index in [9.17, 15) is 22.4 Å². The van der Waals surface area contributed by atoms with Crippen LogP contribution >= 0.6 is 12.2 Å². The number of hydrogen-bond acceptors (Lipinski definition) is 4. The van der Waals surface area contributed by atoms with Crippen molar-refractivity contribution in [2.24, 2.45) is 0 Å². The third kappa shape index (κ3) is 3.86. The molecule has 0 unspecified atom stereocenters. The lowest BCUT2D eigenvalue weighted by Crippen LogP contribution is -2.44. The molecule has 0 bridgehead atoms. The van der Waals surface area contributed by atoms with Gasteiger partial charge in [0.2, 0.25) is 0 Å². The second kappa shape index (κ2) is 7.90. The van der Waals surface area contributed by atoms with Crippen LogP contribution in [0.5, 0.6) is 0 Å². The number of carbonyl (C=O) groups excluding carboxylic acids is 1. The summed E-state index contributed by atoms with van der Waals surface area (Å²) in [4.78, 5) is 15.5. The Kier molecular flexibility index (Phi) is 5.78. The number of alkyl halides is 3. The van der Waals surface area contributed by atoms with Crippen LogP contribution in [0.25, 0.3) is 0 Å². The van der Waals surface area contributed by atoms with Gasteiger partial charge in [-0.25, -0.2) is 4.39 Å². The van der Waals surface area contributed by atoms with Gasteiger partial charge in [-0.15, -0.1) is 0 Å².